The third-order valence-corrected chi connectivity index (χ3v) is 3.04. The van der Waals surface area contributed by atoms with E-state index in [0.717, 1.165) is 12.8 Å². The van der Waals surface area contributed by atoms with Gasteiger partial charge in [0.2, 0.25) is 0 Å². The van der Waals surface area contributed by atoms with E-state index in [1.54, 1.807) is 0 Å². The molecule has 22 heavy (non-hydrogen) atoms. The fourth-order valence-corrected chi connectivity index (χ4v) is 1.76. The van der Waals surface area contributed by atoms with Crippen LogP contribution in [0.1, 0.15) is 31.2 Å². The second-order valence-corrected chi connectivity index (χ2v) is 4.83. The number of hydroxylamine groups is 1. The number of nitro benzene ring substituents is 1. The molecule has 0 aromatic heterocycles. The van der Waals surface area contributed by atoms with E-state index in [9.17, 15) is 20.0 Å². The standard InChI is InChI=1S/C14H21N3O5/c15-9-3-1-2-4-13(18)14(19)16-22-10-11-5-7-12(8-6-11)17(20)21/h5-8,13,18H,1-4,9-10,15H2,(H,16,19). The van der Waals surface area contributed by atoms with Crippen LogP contribution in [-0.4, -0.2) is 28.6 Å². The first-order valence-corrected chi connectivity index (χ1v) is 7.07. The Hall–Kier alpha value is -2.03. The summed E-state index contributed by atoms with van der Waals surface area (Å²) in [5.74, 6) is -0.602. The van der Waals surface area contributed by atoms with Gasteiger partial charge >= 0.3 is 0 Å². The first-order valence-electron chi connectivity index (χ1n) is 7.07. The average Bonchev–Trinajstić information content (AvgIpc) is 2.51. The lowest BCUT2D eigenvalue weighted by atomic mass is 10.1. The SMILES string of the molecule is NCCCCCC(O)C(=O)NOCc1ccc([N+](=O)[O-])cc1. The number of aliphatic hydroxyl groups is 1. The van der Waals surface area contributed by atoms with Gasteiger partial charge in [-0.15, -0.1) is 0 Å². The number of hydrogen-bond acceptors (Lipinski definition) is 6. The smallest absolute Gasteiger partial charge is 0.272 e. The number of unbranched alkanes of at least 4 members (excludes halogenated alkanes) is 2. The van der Waals surface area contributed by atoms with E-state index in [4.69, 9.17) is 10.6 Å². The Labute approximate surface area is 128 Å². The second kappa shape index (κ2) is 9.82. The van der Waals surface area contributed by atoms with Crippen LogP contribution in [0, 0.1) is 10.1 Å². The van der Waals surface area contributed by atoms with Gasteiger partial charge in [0, 0.05) is 12.1 Å². The zero-order valence-electron chi connectivity index (χ0n) is 12.2. The predicted octanol–water partition coefficient (Wildman–Crippen LogP) is 1.02. The quantitative estimate of drug-likeness (QED) is 0.336. The number of non-ortho nitro benzene ring substituents is 1. The number of hydrogen-bond donors (Lipinski definition) is 3. The van der Waals surface area contributed by atoms with Crippen LogP contribution in [0.15, 0.2) is 24.3 Å². The fourth-order valence-electron chi connectivity index (χ4n) is 1.76. The molecular weight excluding hydrogens is 290 g/mol. The molecule has 0 aliphatic carbocycles. The lowest BCUT2D eigenvalue weighted by Gasteiger charge is -2.11. The number of carbonyl (C=O) groups excluding carboxylic acids is 1. The largest absolute Gasteiger partial charge is 0.383 e. The Morgan fingerprint density at radius 1 is 1.32 bits per heavy atom. The van der Waals surface area contributed by atoms with Crippen LogP contribution >= 0.6 is 0 Å². The van der Waals surface area contributed by atoms with Gasteiger partial charge in [0.25, 0.3) is 11.6 Å². The van der Waals surface area contributed by atoms with Crippen molar-refractivity contribution in [2.75, 3.05) is 6.54 Å². The van der Waals surface area contributed by atoms with E-state index in [1.807, 2.05) is 0 Å². The molecule has 1 aromatic rings. The van der Waals surface area contributed by atoms with Gasteiger partial charge < -0.3 is 10.8 Å². The molecule has 0 spiro atoms. The molecule has 1 unspecified atom stereocenters. The number of aliphatic hydroxyl groups excluding tert-OH is 1. The number of nitrogens with zero attached hydrogens (tertiary/aromatic N) is 1. The summed E-state index contributed by atoms with van der Waals surface area (Å²) in [7, 11) is 0. The van der Waals surface area contributed by atoms with Crippen molar-refractivity contribution in [3.63, 3.8) is 0 Å². The second-order valence-electron chi connectivity index (χ2n) is 4.83. The maximum absolute atomic E-state index is 11.5. The number of nitro groups is 1. The van der Waals surface area contributed by atoms with Gasteiger partial charge in [-0.25, -0.2) is 5.48 Å². The van der Waals surface area contributed by atoms with Crippen LogP contribution in [0.4, 0.5) is 5.69 Å². The van der Waals surface area contributed by atoms with Crippen LogP contribution in [0.3, 0.4) is 0 Å². The van der Waals surface area contributed by atoms with Crippen LogP contribution in [0.25, 0.3) is 0 Å². The van der Waals surface area contributed by atoms with E-state index in [2.05, 4.69) is 5.48 Å². The summed E-state index contributed by atoms with van der Waals surface area (Å²) in [5.41, 5.74) is 8.17. The highest BCUT2D eigenvalue weighted by Crippen LogP contribution is 2.12. The van der Waals surface area contributed by atoms with Crippen LogP contribution in [0.2, 0.25) is 0 Å². The third-order valence-electron chi connectivity index (χ3n) is 3.04. The summed E-state index contributed by atoms with van der Waals surface area (Å²) in [5, 5.41) is 20.1. The van der Waals surface area contributed by atoms with E-state index >= 15 is 0 Å². The van der Waals surface area contributed by atoms with Crippen molar-refractivity contribution in [3.05, 3.63) is 39.9 Å². The van der Waals surface area contributed by atoms with Crippen molar-refractivity contribution in [3.8, 4) is 0 Å². The Morgan fingerprint density at radius 2 is 2.00 bits per heavy atom. The molecule has 1 amide bonds. The minimum atomic E-state index is -1.12. The highest BCUT2D eigenvalue weighted by Gasteiger charge is 2.14. The Balaban J connectivity index is 2.25. The van der Waals surface area contributed by atoms with Gasteiger partial charge in [-0.05, 0) is 37.1 Å². The van der Waals surface area contributed by atoms with Gasteiger partial charge in [-0.1, -0.05) is 12.8 Å². The summed E-state index contributed by atoms with van der Waals surface area (Å²) in [4.78, 5) is 26.5. The van der Waals surface area contributed by atoms with Crippen molar-refractivity contribution in [2.45, 2.75) is 38.4 Å². The molecule has 0 aliphatic heterocycles. The summed E-state index contributed by atoms with van der Waals surface area (Å²) >= 11 is 0. The zero-order valence-corrected chi connectivity index (χ0v) is 12.2. The van der Waals surface area contributed by atoms with E-state index in [-0.39, 0.29) is 12.3 Å². The fraction of sp³-hybridized carbons (Fsp3) is 0.500. The third kappa shape index (κ3) is 6.61. The Kier molecular flexibility index (Phi) is 8.05. The minimum absolute atomic E-state index is 0.0133. The molecule has 0 heterocycles. The summed E-state index contributed by atoms with van der Waals surface area (Å²) < 4.78 is 0. The molecule has 0 saturated heterocycles. The summed E-state index contributed by atoms with van der Waals surface area (Å²) in [6.45, 7) is 0.657. The van der Waals surface area contributed by atoms with Gasteiger partial charge in [0.05, 0.1) is 11.5 Å². The molecule has 0 saturated carbocycles. The first kappa shape index (κ1) is 18.0. The Bertz CT molecular complexity index is 478. The molecule has 0 aliphatic rings. The molecule has 0 bridgehead atoms. The van der Waals surface area contributed by atoms with Crippen molar-refractivity contribution in [1.29, 1.82) is 0 Å². The number of rotatable bonds is 10. The number of carbonyl (C=O) groups is 1. The monoisotopic (exact) mass is 311 g/mol. The predicted molar refractivity (Wildman–Crippen MR) is 79.6 cm³/mol. The number of nitrogens with two attached hydrogens (primary N) is 1. The van der Waals surface area contributed by atoms with Crippen molar-refractivity contribution < 1.29 is 19.7 Å². The summed E-state index contributed by atoms with van der Waals surface area (Å²) in [6, 6.07) is 5.78. The zero-order chi connectivity index (χ0) is 16.4. The van der Waals surface area contributed by atoms with Gasteiger partial charge in [-0.2, -0.15) is 0 Å². The van der Waals surface area contributed by atoms with Crippen molar-refractivity contribution >= 4 is 11.6 Å². The number of amides is 1. The molecular formula is C14H21N3O5. The molecule has 8 heteroatoms. The minimum Gasteiger partial charge on any atom is -0.383 e. The number of benzene rings is 1. The maximum atomic E-state index is 11.5. The van der Waals surface area contributed by atoms with Gasteiger partial charge in [-0.3, -0.25) is 19.7 Å². The Morgan fingerprint density at radius 3 is 2.59 bits per heavy atom. The van der Waals surface area contributed by atoms with Crippen LogP contribution in [-0.2, 0) is 16.2 Å². The van der Waals surface area contributed by atoms with E-state index in [0.29, 0.717) is 24.9 Å². The lowest BCUT2D eigenvalue weighted by molar-refractivity contribution is -0.384. The van der Waals surface area contributed by atoms with Gasteiger partial charge in [0.1, 0.15) is 6.10 Å². The highest BCUT2D eigenvalue weighted by atomic mass is 16.7. The van der Waals surface area contributed by atoms with Crippen LogP contribution in [0.5, 0.6) is 0 Å². The average molecular weight is 311 g/mol. The van der Waals surface area contributed by atoms with Crippen molar-refractivity contribution in [2.24, 2.45) is 5.73 Å². The van der Waals surface area contributed by atoms with E-state index < -0.39 is 16.9 Å². The van der Waals surface area contributed by atoms with Crippen molar-refractivity contribution in [1.82, 2.24) is 5.48 Å². The normalized spacial score (nSPS) is 11.9. The highest BCUT2D eigenvalue weighted by molar-refractivity contribution is 5.79. The topological polar surface area (TPSA) is 128 Å². The maximum Gasteiger partial charge on any atom is 0.272 e. The molecule has 0 fully saturated rings. The molecule has 4 N–H and O–H groups in total. The number of nitrogens with one attached hydrogen (secondary N) is 1. The van der Waals surface area contributed by atoms with Gasteiger partial charge in [0.15, 0.2) is 0 Å². The van der Waals surface area contributed by atoms with Crippen LogP contribution < -0.4 is 11.2 Å². The molecule has 122 valence electrons. The van der Waals surface area contributed by atoms with E-state index in [1.165, 1.54) is 24.3 Å². The molecule has 1 aromatic carbocycles. The molecule has 0 radical (unpaired) electrons. The first-order chi connectivity index (χ1) is 10.5. The molecule has 1 rings (SSSR count). The molecule has 1 atom stereocenters. The summed E-state index contributed by atoms with van der Waals surface area (Å²) in [6.07, 6.45) is 1.69. The lowest BCUT2D eigenvalue weighted by Crippen LogP contribution is -2.34. The molecule has 8 nitrogen and oxygen atoms in total.